The average Bonchev–Trinajstić information content (AvgIpc) is 3.01. The highest BCUT2D eigenvalue weighted by Crippen LogP contribution is 2.31. The van der Waals surface area contributed by atoms with E-state index >= 15 is 0 Å². The molecule has 0 radical (unpaired) electrons. The summed E-state index contributed by atoms with van der Waals surface area (Å²) in [6.07, 6.45) is 1.54. The first-order chi connectivity index (χ1) is 12.7. The third-order valence-corrected chi connectivity index (χ3v) is 5.05. The van der Waals surface area contributed by atoms with Crippen molar-refractivity contribution in [3.63, 3.8) is 0 Å². The Hall–Kier alpha value is -2.59. The highest BCUT2D eigenvalue weighted by Gasteiger charge is 2.27. The maximum atomic E-state index is 12.7. The number of rotatable bonds is 5. The molecule has 0 saturated heterocycles. The second-order valence-corrected chi connectivity index (χ2v) is 8.22. The normalized spacial score (nSPS) is 12.9. The van der Waals surface area contributed by atoms with E-state index in [1.807, 2.05) is 12.1 Å². The molecule has 27 heavy (non-hydrogen) atoms. The Balaban J connectivity index is 1.89. The summed E-state index contributed by atoms with van der Waals surface area (Å²) in [6.45, 7) is 6.31. The van der Waals surface area contributed by atoms with Crippen LogP contribution in [0.4, 0.5) is 0 Å². The molecule has 4 nitrogen and oxygen atoms in total. The number of carboxylic acids is 1. The van der Waals surface area contributed by atoms with Crippen molar-refractivity contribution < 1.29 is 14.7 Å². The Morgan fingerprint density at radius 2 is 1.78 bits per heavy atom. The van der Waals surface area contributed by atoms with Gasteiger partial charge >= 0.3 is 5.97 Å². The number of carbonyl (C=O) groups is 2. The average molecular weight is 384 g/mol. The summed E-state index contributed by atoms with van der Waals surface area (Å²) >= 11 is 6.06. The fourth-order valence-electron chi connectivity index (χ4n) is 3.19. The first-order valence-electron chi connectivity index (χ1n) is 8.80. The summed E-state index contributed by atoms with van der Waals surface area (Å²) in [5, 5.41) is 11.0. The Morgan fingerprint density at radius 3 is 2.37 bits per heavy atom. The van der Waals surface area contributed by atoms with Gasteiger partial charge in [0.15, 0.2) is 5.78 Å². The fourth-order valence-corrected chi connectivity index (χ4v) is 3.36. The SMILES string of the molecule is CC(C)(C)c1ccc(C(=O)CC(C(=O)O)c2c[nH]c3ccc(Cl)cc23)cc1. The molecule has 1 aromatic heterocycles. The molecule has 1 heterocycles. The van der Waals surface area contributed by atoms with Crippen LogP contribution in [0.1, 0.15) is 54.6 Å². The van der Waals surface area contributed by atoms with Crippen molar-refractivity contribution in [3.05, 3.63) is 70.4 Å². The van der Waals surface area contributed by atoms with Gasteiger partial charge in [0.25, 0.3) is 0 Å². The monoisotopic (exact) mass is 383 g/mol. The van der Waals surface area contributed by atoms with Crippen LogP contribution < -0.4 is 0 Å². The van der Waals surface area contributed by atoms with E-state index in [4.69, 9.17) is 11.6 Å². The van der Waals surface area contributed by atoms with E-state index in [0.717, 1.165) is 16.5 Å². The molecule has 0 fully saturated rings. The maximum Gasteiger partial charge on any atom is 0.311 e. The standard InChI is InChI=1S/C22H22ClNO3/c1-22(2,3)14-6-4-13(5-7-14)20(25)11-17(21(26)27)18-12-24-19-9-8-15(23)10-16(18)19/h4-10,12,17,24H,11H2,1-3H3,(H,26,27). The molecular weight excluding hydrogens is 362 g/mol. The van der Waals surface area contributed by atoms with Gasteiger partial charge in [-0.15, -0.1) is 0 Å². The summed E-state index contributed by atoms with van der Waals surface area (Å²) in [4.78, 5) is 27.7. The minimum Gasteiger partial charge on any atom is -0.481 e. The zero-order chi connectivity index (χ0) is 19.8. The molecule has 2 N–H and O–H groups in total. The van der Waals surface area contributed by atoms with E-state index in [1.165, 1.54) is 0 Å². The second kappa shape index (κ2) is 7.20. The predicted octanol–water partition coefficient (Wildman–Crippen LogP) is 5.56. The van der Waals surface area contributed by atoms with Crippen LogP contribution in [0.3, 0.4) is 0 Å². The van der Waals surface area contributed by atoms with Gasteiger partial charge in [0.2, 0.25) is 0 Å². The van der Waals surface area contributed by atoms with E-state index in [9.17, 15) is 14.7 Å². The van der Waals surface area contributed by atoms with E-state index in [-0.39, 0.29) is 17.6 Å². The van der Waals surface area contributed by atoms with Gasteiger partial charge in [0.05, 0.1) is 5.92 Å². The number of carbonyl (C=O) groups excluding carboxylic acids is 1. The summed E-state index contributed by atoms with van der Waals surface area (Å²) in [7, 11) is 0. The lowest BCUT2D eigenvalue weighted by molar-refractivity contribution is -0.138. The van der Waals surface area contributed by atoms with Crippen LogP contribution in [-0.4, -0.2) is 21.8 Å². The van der Waals surface area contributed by atoms with Gasteiger partial charge in [-0.1, -0.05) is 56.6 Å². The molecule has 0 bridgehead atoms. The number of aromatic nitrogens is 1. The fraction of sp³-hybridized carbons (Fsp3) is 0.273. The van der Waals surface area contributed by atoms with Crippen LogP contribution in [-0.2, 0) is 10.2 Å². The number of fused-ring (bicyclic) bond motifs is 1. The Morgan fingerprint density at radius 1 is 1.11 bits per heavy atom. The zero-order valence-electron chi connectivity index (χ0n) is 15.5. The molecule has 3 aromatic rings. The van der Waals surface area contributed by atoms with E-state index < -0.39 is 11.9 Å². The Labute approximate surface area is 163 Å². The lowest BCUT2D eigenvalue weighted by Crippen LogP contribution is -2.16. The summed E-state index contributed by atoms with van der Waals surface area (Å²) in [6, 6.07) is 12.7. The van der Waals surface area contributed by atoms with Gasteiger partial charge in [0, 0.05) is 34.1 Å². The van der Waals surface area contributed by atoms with E-state index in [2.05, 4.69) is 25.8 Å². The number of nitrogens with one attached hydrogen (secondary N) is 1. The topological polar surface area (TPSA) is 70.2 Å². The van der Waals surface area contributed by atoms with Crippen LogP contribution in [0.5, 0.6) is 0 Å². The highest BCUT2D eigenvalue weighted by atomic mass is 35.5. The highest BCUT2D eigenvalue weighted by molar-refractivity contribution is 6.31. The molecule has 5 heteroatoms. The molecule has 2 aromatic carbocycles. The molecule has 0 aliphatic rings. The van der Waals surface area contributed by atoms with Crippen molar-refractivity contribution >= 4 is 34.3 Å². The molecule has 3 rings (SSSR count). The van der Waals surface area contributed by atoms with Crippen LogP contribution in [0.15, 0.2) is 48.7 Å². The Kier molecular flexibility index (Phi) is 5.11. The Bertz CT molecular complexity index is 997. The number of aliphatic carboxylic acids is 1. The van der Waals surface area contributed by atoms with Crippen molar-refractivity contribution in [1.82, 2.24) is 4.98 Å². The van der Waals surface area contributed by atoms with Gasteiger partial charge < -0.3 is 10.1 Å². The minimum atomic E-state index is -1.03. The molecule has 0 spiro atoms. The number of carboxylic acid groups (broad SMARTS) is 1. The van der Waals surface area contributed by atoms with Gasteiger partial charge in [0.1, 0.15) is 0 Å². The second-order valence-electron chi connectivity index (χ2n) is 7.78. The predicted molar refractivity (Wildman–Crippen MR) is 108 cm³/mol. The maximum absolute atomic E-state index is 12.7. The molecule has 1 unspecified atom stereocenters. The van der Waals surface area contributed by atoms with Crippen LogP contribution in [0, 0.1) is 0 Å². The van der Waals surface area contributed by atoms with Gasteiger partial charge in [-0.25, -0.2) is 0 Å². The van der Waals surface area contributed by atoms with Crippen LogP contribution in [0.25, 0.3) is 10.9 Å². The van der Waals surface area contributed by atoms with Crippen LogP contribution in [0.2, 0.25) is 5.02 Å². The minimum absolute atomic E-state index is 0.00547. The van der Waals surface area contributed by atoms with Crippen molar-refractivity contribution in [2.45, 2.75) is 38.5 Å². The number of ketones is 1. The summed E-state index contributed by atoms with van der Waals surface area (Å²) in [5.74, 6) is -2.17. The third-order valence-electron chi connectivity index (χ3n) is 4.81. The first kappa shape index (κ1) is 19.2. The van der Waals surface area contributed by atoms with Gasteiger partial charge in [-0.3, -0.25) is 9.59 Å². The molecule has 0 aliphatic carbocycles. The molecular formula is C22H22ClNO3. The van der Waals surface area contributed by atoms with Crippen molar-refractivity contribution in [2.24, 2.45) is 0 Å². The number of halogens is 1. The number of Topliss-reactive ketones (excluding diaryl/α,β-unsaturated/α-hetero) is 1. The van der Waals surface area contributed by atoms with Crippen molar-refractivity contribution in [2.75, 3.05) is 0 Å². The largest absolute Gasteiger partial charge is 0.481 e. The summed E-state index contributed by atoms with van der Waals surface area (Å²) < 4.78 is 0. The third kappa shape index (κ3) is 4.06. The van der Waals surface area contributed by atoms with Gasteiger partial charge in [-0.05, 0) is 34.7 Å². The zero-order valence-corrected chi connectivity index (χ0v) is 16.3. The molecule has 0 saturated carbocycles. The quantitative estimate of drug-likeness (QED) is 0.566. The lowest BCUT2D eigenvalue weighted by Gasteiger charge is -2.19. The lowest BCUT2D eigenvalue weighted by atomic mass is 9.85. The summed E-state index contributed by atoms with van der Waals surface area (Å²) in [5.41, 5.74) is 3.00. The number of benzene rings is 2. The molecule has 0 amide bonds. The van der Waals surface area contributed by atoms with Crippen molar-refractivity contribution in [3.8, 4) is 0 Å². The molecule has 0 aliphatic heterocycles. The number of hydrogen-bond donors (Lipinski definition) is 2. The van der Waals surface area contributed by atoms with E-state index in [0.29, 0.717) is 16.1 Å². The molecule has 1 atom stereocenters. The van der Waals surface area contributed by atoms with Gasteiger partial charge in [-0.2, -0.15) is 0 Å². The van der Waals surface area contributed by atoms with Crippen LogP contribution >= 0.6 is 11.6 Å². The van der Waals surface area contributed by atoms with Crippen molar-refractivity contribution in [1.29, 1.82) is 0 Å². The molecule has 140 valence electrons. The number of aromatic amines is 1. The smallest absolute Gasteiger partial charge is 0.311 e. The first-order valence-corrected chi connectivity index (χ1v) is 9.17. The van der Waals surface area contributed by atoms with E-state index in [1.54, 1.807) is 36.5 Å². The number of hydrogen-bond acceptors (Lipinski definition) is 2. The number of H-pyrrole nitrogens is 1.